The lowest BCUT2D eigenvalue weighted by atomic mass is 10.4. The SMILES string of the molecule is CCn1ncc2c(=S)nc[nH]c21. The third-order valence-electron chi connectivity index (χ3n) is 1.75. The summed E-state index contributed by atoms with van der Waals surface area (Å²) in [5.74, 6) is 0. The number of hydrogen-bond acceptors (Lipinski definition) is 3. The Morgan fingerprint density at radius 3 is 3.25 bits per heavy atom. The smallest absolute Gasteiger partial charge is 0.140 e. The van der Waals surface area contributed by atoms with Crippen molar-refractivity contribution in [3.8, 4) is 0 Å². The maximum Gasteiger partial charge on any atom is 0.140 e. The normalized spacial score (nSPS) is 10.8. The number of hydrogen-bond donors (Lipinski definition) is 1. The van der Waals surface area contributed by atoms with Gasteiger partial charge >= 0.3 is 0 Å². The number of nitrogens with one attached hydrogen (secondary N) is 1. The molecule has 0 atom stereocenters. The zero-order valence-electron chi connectivity index (χ0n) is 6.61. The van der Waals surface area contributed by atoms with E-state index in [2.05, 4.69) is 15.1 Å². The molecule has 0 bridgehead atoms. The third kappa shape index (κ3) is 0.937. The Labute approximate surface area is 74.2 Å². The third-order valence-corrected chi connectivity index (χ3v) is 2.08. The highest BCUT2D eigenvalue weighted by atomic mass is 32.1. The molecule has 1 N–H and O–H groups in total. The summed E-state index contributed by atoms with van der Waals surface area (Å²) >= 11 is 5.03. The molecule has 12 heavy (non-hydrogen) atoms. The zero-order chi connectivity index (χ0) is 8.55. The van der Waals surface area contributed by atoms with Crippen LogP contribution in [0.5, 0.6) is 0 Å². The van der Waals surface area contributed by atoms with E-state index in [1.807, 2.05) is 11.6 Å². The Hall–Kier alpha value is -1.23. The number of nitrogens with zero attached hydrogens (tertiary/aromatic N) is 3. The Bertz CT molecular complexity index is 456. The Balaban J connectivity index is 2.89. The Kier molecular flexibility index (Phi) is 1.65. The molecule has 0 aliphatic rings. The fourth-order valence-electron chi connectivity index (χ4n) is 1.16. The minimum atomic E-state index is 0.600. The van der Waals surface area contributed by atoms with Crippen molar-refractivity contribution >= 4 is 23.3 Å². The molecule has 0 unspecified atom stereocenters. The lowest BCUT2D eigenvalue weighted by molar-refractivity contribution is 0.676. The predicted molar refractivity (Wildman–Crippen MR) is 48.4 cm³/mol. The molecule has 0 spiro atoms. The van der Waals surface area contributed by atoms with Gasteiger partial charge in [0.15, 0.2) is 0 Å². The quantitative estimate of drug-likeness (QED) is 0.676. The maximum atomic E-state index is 5.03. The van der Waals surface area contributed by atoms with Crippen molar-refractivity contribution in [3.05, 3.63) is 17.2 Å². The number of H-pyrrole nitrogens is 1. The first-order chi connectivity index (χ1) is 5.83. The van der Waals surface area contributed by atoms with Crippen molar-refractivity contribution in [1.82, 2.24) is 19.7 Å². The first kappa shape index (κ1) is 7.42. The first-order valence-corrected chi connectivity index (χ1v) is 4.13. The minimum absolute atomic E-state index is 0.600. The summed E-state index contributed by atoms with van der Waals surface area (Å²) in [6, 6.07) is 0. The van der Waals surface area contributed by atoms with Crippen LogP contribution in [0.1, 0.15) is 6.92 Å². The molecule has 2 heterocycles. The summed E-state index contributed by atoms with van der Waals surface area (Å²) in [6.07, 6.45) is 3.34. The molecule has 62 valence electrons. The van der Waals surface area contributed by atoms with Gasteiger partial charge in [0.05, 0.1) is 17.9 Å². The standard InChI is InChI=1S/C7H8N4S/c1-2-11-6-5(3-10-11)7(12)9-4-8-6/h3-4H,2H2,1H3,(H,8,9,12). The fraction of sp³-hybridized carbons (Fsp3) is 0.286. The largest absolute Gasteiger partial charge is 0.331 e. The molecule has 0 saturated heterocycles. The molecule has 2 rings (SSSR count). The highest BCUT2D eigenvalue weighted by molar-refractivity contribution is 7.71. The molecule has 0 aliphatic heterocycles. The molecule has 4 nitrogen and oxygen atoms in total. The van der Waals surface area contributed by atoms with Gasteiger partial charge in [0.25, 0.3) is 0 Å². The second-order valence-electron chi connectivity index (χ2n) is 2.43. The van der Waals surface area contributed by atoms with Crippen LogP contribution in [-0.2, 0) is 6.54 Å². The summed E-state index contributed by atoms with van der Waals surface area (Å²) in [6.45, 7) is 2.86. The molecule has 5 heteroatoms. The molecular formula is C7H8N4S. The van der Waals surface area contributed by atoms with Gasteiger partial charge in [-0.3, -0.25) is 0 Å². The molecule has 0 aliphatic carbocycles. The van der Waals surface area contributed by atoms with Crippen LogP contribution in [0, 0.1) is 4.64 Å². The fourth-order valence-corrected chi connectivity index (χ4v) is 1.36. The summed E-state index contributed by atoms with van der Waals surface area (Å²) in [5.41, 5.74) is 0.942. The number of aromatic amines is 1. The van der Waals surface area contributed by atoms with Gasteiger partial charge in [0, 0.05) is 6.54 Å². The van der Waals surface area contributed by atoms with E-state index in [0.717, 1.165) is 17.6 Å². The van der Waals surface area contributed by atoms with Gasteiger partial charge < -0.3 is 4.98 Å². The van der Waals surface area contributed by atoms with E-state index in [9.17, 15) is 0 Å². The Morgan fingerprint density at radius 1 is 1.67 bits per heavy atom. The van der Waals surface area contributed by atoms with Crippen molar-refractivity contribution in [2.24, 2.45) is 0 Å². The molecule has 0 amide bonds. The van der Waals surface area contributed by atoms with Crippen molar-refractivity contribution < 1.29 is 0 Å². The van der Waals surface area contributed by atoms with Gasteiger partial charge in [0.1, 0.15) is 10.3 Å². The van der Waals surface area contributed by atoms with Gasteiger partial charge in [-0.1, -0.05) is 12.2 Å². The monoisotopic (exact) mass is 180 g/mol. The zero-order valence-corrected chi connectivity index (χ0v) is 7.43. The molecular weight excluding hydrogens is 172 g/mol. The van der Waals surface area contributed by atoms with Gasteiger partial charge in [-0.05, 0) is 6.92 Å². The van der Waals surface area contributed by atoms with Crippen LogP contribution >= 0.6 is 12.2 Å². The van der Waals surface area contributed by atoms with E-state index in [-0.39, 0.29) is 0 Å². The Morgan fingerprint density at radius 2 is 2.50 bits per heavy atom. The van der Waals surface area contributed by atoms with Crippen molar-refractivity contribution in [1.29, 1.82) is 0 Å². The lowest BCUT2D eigenvalue weighted by Gasteiger charge is -1.96. The van der Waals surface area contributed by atoms with Crippen molar-refractivity contribution in [3.63, 3.8) is 0 Å². The van der Waals surface area contributed by atoms with Gasteiger partial charge in [-0.25, -0.2) is 9.67 Å². The maximum absolute atomic E-state index is 5.03. The van der Waals surface area contributed by atoms with Crippen LogP contribution in [0.4, 0.5) is 0 Å². The molecule has 0 fully saturated rings. The van der Waals surface area contributed by atoms with Crippen molar-refractivity contribution in [2.75, 3.05) is 0 Å². The summed E-state index contributed by atoms with van der Waals surface area (Å²) < 4.78 is 2.45. The first-order valence-electron chi connectivity index (χ1n) is 3.72. The van der Waals surface area contributed by atoms with Crippen LogP contribution in [0.2, 0.25) is 0 Å². The molecule has 0 radical (unpaired) electrons. The van der Waals surface area contributed by atoms with E-state index in [1.165, 1.54) is 0 Å². The van der Waals surface area contributed by atoms with Gasteiger partial charge in [-0.15, -0.1) is 0 Å². The molecule has 0 saturated carbocycles. The average molecular weight is 180 g/mol. The molecule has 2 aromatic rings. The highest BCUT2D eigenvalue weighted by Crippen LogP contribution is 2.09. The summed E-state index contributed by atoms with van der Waals surface area (Å²) in [5, 5.41) is 5.06. The second kappa shape index (κ2) is 2.67. The van der Waals surface area contributed by atoms with E-state index < -0.39 is 0 Å². The number of rotatable bonds is 1. The number of fused-ring (bicyclic) bond motifs is 1. The van der Waals surface area contributed by atoms with E-state index in [0.29, 0.717) is 4.64 Å². The molecule has 2 aromatic heterocycles. The lowest BCUT2D eigenvalue weighted by Crippen LogP contribution is -1.97. The second-order valence-corrected chi connectivity index (χ2v) is 2.82. The number of aryl methyl sites for hydroxylation is 1. The predicted octanol–water partition coefficient (Wildman–Crippen LogP) is 1.51. The van der Waals surface area contributed by atoms with Crippen LogP contribution in [-0.4, -0.2) is 19.7 Å². The van der Waals surface area contributed by atoms with Crippen LogP contribution in [0.15, 0.2) is 12.5 Å². The summed E-state index contributed by atoms with van der Waals surface area (Å²) in [7, 11) is 0. The van der Waals surface area contributed by atoms with Crippen LogP contribution in [0.3, 0.4) is 0 Å². The minimum Gasteiger partial charge on any atom is -0.331 e. The summed E-state index contributed by atoms with van der Waals surface area (Å²) in [4.78, 5) is 6.97. The van der Waals surface area contributed by atoms with Crippen molar-refractivity contribution in [2.45, 2.75) is 13.5 Å². The average Bonchev–Trinajstić information content (AvgIpc) is 2.49. The number of aromatic nitrogens is 4. The van der Waals surface area contributed by atoms with Gasteiger partial charge in [0.2, 0.25) is 0 Å². The highest BCUT2D eigenvalue weighted by Gasteiger charge is 2.01. The topological polar surface area (TPSA) is 46.5 Å². The van der Waals surface area contributed by atoms with Crippen LogP contribution < -0.4 is 0 Å². The molecule has 0 aromatic carbocycles. The van der Waals surface area contributed by atoms with Gasteiger partial charge in [-0.2, -0.15) is 5.10 Å². The van der Waals surface area contributed by atoms with E-state index in [1.54, 1.807) is 12.5 Å². The van der Waals surface area contributed by atoms with Crippen LogP contribution in [0.25, 0.3) is 11.0 Å². The van der Waals surface area contributed by atoms with E-state index >= 15 is 0 Å². The van der Waals surface area contributed by atoms with E-state index in [4.69, 9.17) is 12.2 Å².